The number of H-pyrrole nitrogens is 1. The zero-order chi connectivity index (χ0) is 20.4. The molecule has 0 atom stereocenters. The lowest BCUT2D eigenvalue weighted by atomic mass is 9.94. The number of piperidine rings is 1. The van der Waals surface area contributed by atoms with Crippen molar-refractivity contribution in [3.63, 3.8) is 0 Å². The van der Waals surface area contributed by atoms with Gasteiger partial charge in [0.05, 0.1) is 6.54 Å². The fourth-order valence-corrected chi connectivity index (χ4v) is 3.81. The Morgan fingerprint density at radius 3 is 2.72 bits per heavy atom. The number of benzene rings is 1. The van der Waals surface area contributed by atoms with Gasteiger partial charge in [0.1, 0.15) is 11.5 Å². The highest BCUT2D eigenvalue weighted by atomic mass is 19.1. The second-order valence-corrected chi connectivity index (χ2v) is 7.53. The summed E-state index contributed by atoms with van der Waals surface area (Å²) in [5.41, 5.74) is 1.74. The van der Waals surface area contributed by atoms with E-state index in [4.69, 9.17) is 4.42 Å². The summed E-state index contributed by atoms with van der Waals surface area (Å²) >= 11 is 0. The number of hydrogen-bond donors (Lipinski definition) is 2. The van der Waals surface area contributed by atoms with Crippen LogP contribution in [0.4, 0.5) is 10.4 Å². The van der Waals surface area contributed by atoms with Gasteiger partial charge in [0.15, 0.2) is 0 Å². The maximum absolute atomic E-state index is 13.8. The number of fused-ring (bicyclic) bond motifs is 1. The highest BCUT2D eigenvalue weighted by molar-refractivity contribution is 5.85. The largest absolute Gasteiger partial charge is 0.402 e. The molecular formula is C21H30FN5O2. The van der Waals surface area contributed by atoms with Crippen molar-refractivity contribution < 1.29 is 16.5 Å². The molecule has 1 aromatic carbocycles. The standard InChI is InChI=1S/C19H20FN5O2.C2H6.2H2/c20-13-2-1-3-14-12(13)10-15(22-14)17-23-24-18(27-17)21-11-16(26)25-8-6-19(4-5-19)7-9-25;1-2;;/h1-3,10,22H,4-9,11H2,(H,21,24);1-2H3;2*1H. The number of carbonyl (C=O) groups is 1. The van der Waals surface area contributed by atoms with E-state index in [0.717, 1.165) is 25.9 Å². The van der Waals surface area contributed by atoms with Gasteiger partial charge >= 0.3 is 6.01 Å². The topological polar surface area (TPSA) is 87.0 Å². The Morgan fingerprint density at radius 2 is 2.03 bits per heavy atom. The van der Waals surface area contributed by atoms with Crippen LogP contribution < -0.4 is 5.32 Å². The van der Waals surface area contributed by atoms with E-state index in [0.29, 0.717) is 22.0 Å². The van der Waals surface area contributed by atoms with Crippen molar-refractivity contribution >= 4 is 22.8 Å². The van der Waals surface area contributed by atoms with Gasteiger partial charge in [0.25, 0.3) is 5.89 Å². The van der Waals surface area contributed by atoms with Crippen molar-refractivity contribution in [3.05, 3.63) is 30.1 Å². The van der Waals surface area contributed by atoms with Gasteiger partial charge in [-0.1, -0.05) is 25.0 Å². The summed E-state index contributed by atoms with van der Waals surface area (Å²) in [7, 11) is 0. The summed E-state index contributed by atoms with van der Waals surface area (Å²) in [5, 5.41) is 11.3. The number of nitrogens with one attached hydrogen (secondary N) is 2. The van der Waals surface area contributed by atoms with Gasteiger partial charge in [0, 0.05) is 26.8 Å². The van der Waals surface area contributed by atoms with E-state index in [1.807, 2.05) is 18.7 Å². The molecule has 1 saturated heterocycles. The van der Waals surface area contributed by atoms with Crippen LogP contribution in [0.15, 0.2) is 28.7 Å². The van der Waals surface area contributed by atoms with Gasteiger partial charge in [-0.15, -0.1) is 5.10 Å². The Labute approximate surface area is 171 Å². The lowest BCUT2D eigenvalue weighted by Gasteiger charge is -2.32. The van der Waals surface area contributed by atoms with Crippen LogP contribution in [0, 0.1) is 11.2 Å². The molecule has 3 aromatic rings. The summed E-state index contributed by atoms with van der Waals surface area (Å²) < 4.78 is 19.4. The van der Waals surface area contributed by atoms with E-state index < -0.39 is 0 Å². The average molecular weight is 404 g/mol. The molecule has 8 heteroatoms. The van der Waals surface area contributed by atoms with E-state index in [-0.39, 0.29) is 33.0 Å². The number of nitrogens with zero attached hydrogens (tertiary/aromatic N) is 3. The summed E-state index contributed by atoms with van der Waals surface area (Å²) in [6, 6.07) is 6.62. The highest BCUT2D eigenvalue weighted by Gasteiger charge is 2.44. The average Bonchev–Trinajstić information content (AvgIpc) is 3.16. The molecule has 3 heterocycles. The van der Waals surface area contributed by atoms with Crippen LogP contribution in [0.2, 0.25) is 0 Å². The molecule has 5 rings (SSSR count). The number of anilines is 1. The van der Waals surface area contributed by atoms with Crippen LogP contribution in [0.1, 0.15) is 42.4 Å². The van der Waals surface area contributed by atoms with Gasteiger partial charge in [-0.05, 0) is 49.3 Å². The quantitative estimate of drug-likeness (QED) is 0.660. The number of likely N-dealkylation sites (tertiary alicyclic amines) is 1. The maximum Gasteiger partial charge on any atom is 0.316 e. The molecule has 1 aliphatic heterocycles. The summed E-state index contributed by atoms with van der Waals surface area (Å²) in [6.07, 6.45) is 4.85. The van der Waals surface area contributed by atoms with Crippen molar-refractivity contribution in [1.29, 1.82) is 0 Å². The number of rotatable bonds is 4. The molecule has 7 nitrogen and oxygen atoms in total. The maximum atomic E-state index is 13.8. The predicted octanol–water partition coefficient (Wildman–Crippen LogP) is 4.69. The zero-order valence-electron chi connectivity index (χ0n) is 16.8. The molecule has 1 saturated carbocycles. The number of halogens is 1. The van der Waals surface area contributed by atoms with Crippen LogP contribution in [0.3, 0.4) is 0 Å². The molecular weight excluding hydrogens is 373 g/mol. The first-order chi connectivity index (χ1) is 14.1. The molecule has 0 bridgehead atoms. The Hall–Kier alpha value is -2.90. The monoisotopic (exact) mass is 403 g/mol. The summed E-state index contributed by atoms with van der Waals surface area (Å²) in [6.45, 7) is 5.78. The minimum absolute atomic E-state index is 0. The fraction of sp³-hybridized carbons (Fsp3) is 0.476. The van der Waals surface area contributed by atoms with Gasteiger partial charge < -0.3 is 19.6 Å². The predicted molar refractivity (Wildman–Crippen MR) is 113 cm³/mol. The first kappa shape index (κ1) is 19.4. The third kappa shape index (κ3) is 3.97. The Morgan fingerprint density at radius 1 is 1.28 bits per heavy atom. The van der Waals surface area contributed by atoms with E-state index >= 15 is 0 Å². The van der Waals surface area contributed by atoms with Crippen molar-refractivity contribution in [2.24, 2.45) is 5.41 Å². The minimum atomic E-state index is -0.312. The zero-order valence-corrected chi connectivity index (χ0v) is 16.8. The number of carbonyl (C=O) groups excluding carboxylic acids is 1. The normalized spacial score (nSPS) is 17.1. The second-order valence-electron chi connectivity index (χ2n) is 7.53. The van der Waals surface area contributed by atoms with Crippen LogP contribution in [0.25, 0.3) is 22.5 Å². The number of aromatic nitrogens is 3. The van der Waals surface area contributed by atoms with Crippen molar-refractivity contribution in [1.82, 2.24) is 20.1 Å². The van der Waals surface area contributed by atoms with E-state index in [2.05, 4.69) is 20.5 Å². The SMILES string of the molecule is CC.O=C(CNc1nnc(-c2cc3c(F)cccc3[nH]2)o1)N1CCC2(CC1)CC2.[HH].[HH]. The molecule has 1 aliphatic carbocycles. The molecule has 1 spiro atoms. The minimum Gasteiger partial charge on any atom is -0.402 e. The van der Waals surface area contributed by atoms with E-state index in [1.54, 1.807) is 18.2 Å². The number of amides is 1. The Bertz CT molecular complexity index is 1010. The molecule has 2 N–H and O–H groups in total. The third-order valence-corrected chi connectivity index (χ3v) is 5.79. The summed E-state index contributed by atoms with van der Waals surface area (Å²) in [4.78, 5) is 17.3. The van der Waals surface area contributed by atoms with Gasteiger partial charge in [-0.2, -0.15) is 0 Å². The van der Waals surface area contributed by atoms with E-state index in [1.165, 1.54) is 18.9 Å². The summed E-state index contributed by atoms with van der Waals surface area (Å²) in [5.74, 6) is -0.0277. The van der Waals surface area contributed by atoms with Gasteiger partial charge in [-0.25, -0.2) is 4.39 Å². The highest BCUT2D eigenvalue weighted by Crippen LogP contribution is 2.53. The van der Waals surface area contributed by atoms with Gasteiger partial charge in [0.2, 0.25) is 5.91 Å². The number of hydrogen-bond acceptors (Lipinski definition) is 5. The fourth-order valence-electron chi connectivity index (χ4n) is 3.81. The Balaban J connectivity index is 0.000000830. The van der Waals surface area contributed by atoms with Crippen LogP contribution >= 0.6 is 0 Å². The van der Waals surface area contributed by atoms with Gasteiger partial charge in [-0.3, -0.25) is 4.79 Å². The lowest BCUT2D eigenvalue weighted by Crippen LogP contribution is -2.41. The smallest absolute Gasteiger partial charge is 0.316 e. The molecule has 158 valence electrons. The van der Waals surface area contributed by atoms with Crippen molar-refractivity contribution in [3.8, 4) is 11.6 Å². The lowest BCUT2D eigenvalue weighted by molar-refractivity contribution is -0.130. The van der Waals surface area contributed by atoms with Crippen LogP contribution in [0.5, 0.6) is 0 Å². The van der Waals surface area contributed by atoms with Crippen LogP contribution in [-0.4, -0.2) is 45.6 Å². The van der Waals surface area contributed by atoms with Crippen molar-refractivity contribution in [2.75, 3.05) is 25.0 Å². The molecule has 0 radical (unpaired) electrons. The first-order valence-corrected chi connectivity index (χ1v) is 10.2. The third-order valence-electron chi connectivity index (χ3n) is 5.79. The Kier molecular flexibility index (Phi) is 5.25. The van der Waals surface area contributed by atoms with Crippen LogP contribution in [-0.2, 0) is 4.79 Å². The van der Waals surface area contributed by atoms with Crippen molar-refractivity contribution in [2.45, 2.75) is 39.5 Å². The first-order valence-electron chi connectivity index (χ1n) is 10.2. The molecule has 29 heavy (non-hydrogen) atoms. The number of aromatic amines is 1. The van der Waals surface area contributed by atoms with E-state index in [9.17, 15) is 9.18 Å². The molecule has 2 fully saturated rings. The molecule has 2 aromatic heterocycles. The molecule has 2 aliphatic rings. The molecule has 1 amide bonds. The second kappa shape index (κ2) is 7.85. The molecule has 0 unspecified atom stereocenters.